The summed E-state index contributed by atoms with van der Waals surface area (Å²) in [4.78, 5) is 46.6. The zero-order chi connectivity index (χ0) is 25.3. The second-order valence-electron chi connectivity index (χ2n) is 7.93. The van der Waals surface area contributed by atoms with Crippen LogP contribution in [-0.4, -0.2) is 63.5 Å². The van der Waals surface area contributed by atoms with Gasteiger partial charge in [-0.3, -0.25) is 19.2 Å². The van der Waals surface area contributed by atoms with Gasteiger partial charge in [-0.25, -0.2) is 0 Å². The zero-order valence-electron chi connectivity index (χ0n) is 18.9. The fourth-order valence-electron chi connectivity index (χ4n) is 3.51. The smallest absolute Gasteiger partial charge is 0.322 e. The first kappa shape index (κ1) is 27.3. The van der Waals surface area contributed by atoms with E-state index in [4.69, 9.17) is 20.4 Å². The third-order valence-corrected chi connectivity index (χ3v) is 6.66. The van der Waals surface area contributed by atoms with E-state index in [-0.39, 0.29) is 29.8 Å². The number of furan rings is 1. The van der Waals surface area contributed by atoms with Crippen LogP contribution in [0.25, 0.3) is 6.08 Å². The van der Waals surface area contributed by atoms with E-state index in [1.165, 1.54) is 11.8 Å². The molecule has 0 saturated heterocycles. The summed E-state index contributed by atoms with van der Waals surface area (Å²) in [5, 5.41) is 32.5. The standard InChI is InChI=1S/C22H31N3O8S/c1-2-5-16(19-12-6-3-4-7-13(12)22(32)33-19)34-11-15(20(29)24-10-18(27)28)25-17(26)9-8-14(23)21(30)31/h4,7,14-16,32H,2-3,5-6,8-11,23H2,1H3,(H,24,29)(H,25,26)(H,27,28)(H,30,31). The first-order valence-electron chi connectivity index (χ1n) is 11.0. The van der Waals surface area contributed by atoms with Gasteiger partial charge in [0.05, 0.1) is 10.8 Å². The number of carbonyl (C=O) groups is 4. The molecule has 1 aliphatic carbocycles. The van der Waals surface area contributed by atoms with Crippen LogP contribution in [0.4, 0.5) is 0 Å². The summed E-state index contributed by atoms with van der Waals surface area (Å²) in [5.41, 5.74) is 7.00. The Bertz CT molecular complexity index is 929. The number of amides is 2. The van der Waals surface area contributed by atoms with Crippen LogP contribution in [0.5, 0.6) is 5.95 Å². The highest BCUT2D eigenvalue weighted by Crippen LogP contribution is 2.43. The lowest BCUT2D eigenvalue weighted by molar-refractivity contribution is -0.139. The lowest BCUT2D eigenvalue weighted by Crippen LogP contribution is -2.49. The molecule has 2 amide bonds. The highest BCUT2D eigenvalue weighted by molar-refractivity contribution is 7.99. The van der Waals surface area contributed by atoms with Crippen molar-refractivity contribution in [1.82, 2.24) is 10.6 Å². The second kappa shape index (κ2) is 13.0. The summed E-state index contributed by atoms with van der Waals surface area (Å²) in [6.07, 6.45) is 6.49. The lowest BCUT2D eigenvalue weighted by atomic mass is 9.97. The molecule has 11 nitrogen and oxygen atoms in total. The fourth-order valence-corrected chi connectivity index (χ4v) is 4.91. The van der Waals surface area contributed by atoms with Crippen molar-refractivity contribution >= 4 is 41.6 Å². The first-order valence-corrected chi connectivity index (χ1v) is 12.1. The summed E-state index contributed by atoms with van der Waals surface area (Å²) < 4.78 is 5.67. The van der Waals surface area contributed by atoms with Gasteiger partial charge in [-0.05, 0) is 25.7 Å². The number of nitrogens with two attached hydrogens (primary N) is 1. The maximum absolute atomic E-state index is 12.6. The third-order valence-electron chi connectivity index (χ3n) is 5.28. The molecule has 0 bridgehead atoms. The van der Waals surface area contributed by atoms with Crippen molar-refractivity contribution in [1.29, 1.82) is 0 Å². The van der Waals surface area contributed by atoms with Crippen molar-refractivity contribution in [2.24, 2.45) is 5.73 Å². The molecule has 12 heteroatoms. The van der Waals surface area contributed by atoms with Gasteiger partial charge in [-0.15, -0.1) is 11.8 Å². The maximum Gasteiger partial charge on any atom is 0.322 e. The SMILES string of the molecule is CCCC(SCC(NC(=O)CCC(N)C(=O)O)C(=O)NCC(=O)O)c1oc(O)c2c1CCC=C2. The number of carbonyl (C=O) groups excluding carboxylic acids is 2. The van der Waals surface area contributed by atoms with Gasteiger partial charge in [0.25, 0.3) is 5.95 Å². The Morgan fingerprint density at radius 3 is 2.62 bits per heavy atom. The number of nitrogens with one attached hydrogen (secondary N) is 2. The van der Waals surface area contributed by atoms with Gasteiger partial charge in [0.15, 0.2) is 0 Å². The molecule has 3 unspecified atom stereocenters. The largest absolute Gasteiger partial charge is 0.480 e. The number of allylic oxidation sites excluding steroid dienone is 1. The van der Waals surface area contributed by atoms with Crippen molar-refractivity contribution < 1.29 is 38.9 Å². The molecule has 1 aliphatic rings. The molecule has 0 radical (unpaired) electrons. The minimum Gasteiger partial charge on any atom is -0.480 e. The van der Waals surface area contributed by atoms with Crippen LogP contribution in [0.3, 0.4) is 0 Å². The number of aliphatic carboxylic acids is 2. The number of rotatable bonds is 14. The van der Waals surface area contributed by atoms with Crippen LogP contribution in [0.2, 0.25) is 0 Å². The molecule has 1 aromatic heterocycles. The lowest BCUT2D eigenvalue weighted by Gasteiger charge is -2.22. The van der Waals surface area contributed by atoms with Crippen LogP contribution in [0.15, 0.2) is 10.5 Å². The van der Waals surface area contributed by atoms with Gasteiger partial charge >= 0.3 is 11.9 Å². The van der Waals surface area contributed by atoms with Crippen LogP contribution < -0.4 is 16.4 Å². The number of hydrogen-bond acceptors (Lipinski definition) is 8. The normalized spacial score (nSPS) is 15.1. The van der Waals surface area contributed by atoms with Gasteiger partial charge in [0, 0.05) is 17.7 Å². The first-order chi connectivity index (χ1) is 16.1. The highest BCUT2D eigenvalue weighted by Gasteiger charge is 2.29. The van der Waals surface area contributed by atoms with Gasteiger partial charge in [0.1, 0.15) is 24.4 Å². The predicted molar refractivity (Wildman–Crippen MR) is 125 cm³/mol. The average molecular weight is 498 g/mol. The summed E-state index contributed by atoms with van der Waals surface area (Å²) in [6, 6.07) is -2.27. The molecule has 188 valence electrons. The van der Waals surface area contributed by atoms with Gasteiger partial charge in [0.2, 0.25) is 11.8 Å². The minimum atomic E-state index is -1.23. The molecule has 34 heavy (non-hydrogen) atoms. The van der Waals surface area contributed by atoms with Crippen LogP contribution in [-0.2, 0) is 25.6 Å². The summed E-state index contributed by atoms with van der Waals surface area (Å²) >= 11 is 1.36. The molecule has 0 saturated carbocycles. The van der Waals surface area contributed by atoms with Gasteiger partial charge in [-0.2, -0.15) is 0 Å². The van der Waals surface area contributed by atoms with Crippen molar-refractivity contribution in [2.75, 3.05) is 12.3 Å². The third kappa shape index (κ3) is 7.80. The molecular formula is C22H31N3O8S. The number of carboxylic acid groups (broad SMARTS) is 2. The maximum atomic E-state index is 12.6. The summed E-state index contributed by atoms with van der Waals surface area (Å²) in [5.74, 6) is -3.12. The Morgan fingerprint density at radius 2 is 1.97 bits per heavy atom. The number of carboxylic acids is 2. The van der Waals surface area contributed by atoms with Crippen molar-refractivity contribution in [2.45, 2.75) is 62.8 Å². The molecule has 0 aliphatic heterocycles. The van der Waals surface area contributed by atoms with E-state index in [0.717, 1.165) is 24.8 Å². The average Bonchev–Trinajstić information content (AvgIpc) is 3.14. The topological polar surface area (TPSA) is 192 Å². The highest BCUT2D eigenvalue weighted by atomic mass is 32.2. The molecule has 0 fully saturated rings. The Morgan fingerprint density at radius 1 is 1.24 bits per heavy atom. The van der Waals surface area contributed by atoms with Crippen LogP contribution in [0, 0.1) is 0 Å². The van der Waals surface area contributed by atoms with E-state index in [1.54, 1.807) is 0 Å². The Kier molecular flexibility index (Phi) is 10.5. The molecule has 1 heterocycles. The van der Waals surface area contributed by atoms with Crippen molar-refractivity contribution in [3.63, 3.8) is 0 Å². The minimum absolute atomic E-state index is 0.110. The summed E-state index contributed by atoms with van der Waals surface area (Å²) in [7, 11) is 0. The van der Waals surface area contributed by atoms with E-state index in [2.05, 4.69) is 10.6 Å². The molecule has 1 aromatic rings. The Hall–Kier alpha value is -2.99. The quantitative estimate of drug-likeness (QED) is 0.219. The Labute approximate surface area is 201 Å². The molecule has 0 aromatic carbocycles. The molecular weight excluding hydrogens is 466 g/mol. The summed E-state index contributed by atoms with van der Waals surface area (Å²) in [6.45, 7) is 1.39. The van der Waals surface area contributed by atoms with Gasteiger partial charge in [-0.1, -0.05) is 25.5 Å². The van der Waals surface area contributed by atoms with E-state index in [1.807, 2.05) is 19.1 Å². The monoisotopic (exact) mass is 497 g/mol. The molecule has 3 atom stereocenters. The fraction of sp³-hybridized carbons (Fsp3) is 0.545. The Balaban J connectivity index is 2.12. The van der Waals surface area contributed by atoms with E-state index in [9.17, 15) is 24.3 Å². The van der Waals surface area contributed by atoms with E-state index < -0.39 is 42.4 Å². The van der Waals surface area contributed by atoms with Gasteiger partial charge < -0.3 is 36.1 Å². The van der Waals surface area contributed by atoms with Crippen LogP contribution >= 0.6 is 11.8 Å². The van der Waals surface area contributed by atoms with Crippen LogP contribution in [0.1, 0.15) is 61.2 Å². The zero-order valence-corrected chi connectivity index (χ0v) is 19.7. The van der Waals surface area contributed by atoms with Crippen molar-refractivity contribution in [3.05, 3.63) is 23.0 Å². The number of aromatic hydroxyl groups is 1. The molecule has 7 N–H and O–H groups in total. The molecule has 2 rings (SSSR count). The van der Waals surface area contributed by atoms with Crippen molar-refractivity contribution in [3.8, 4) is 5.95 Å². The van der Waals surface area contributed by atoms with E-state index in [0.29, 0.717) is 17.7 Å². The predicted octanol–water partition coefficient (Wildman–Crippen LogP) is 1.40. The molecule has 0 spiro atoms. The number of hydrogen-bond donors (Lipinski definition) is 6. The number of thioether (sulfide) groups is 1. The second-order valence-corrected chi connectivity index (χ2v) is 9.17. The number of fused-ring (bicyclic) bond motifs is 1. The van der Waals surface area contributed by atoms with E-state index >= 15 is 0 Å².